The standard InChI is InChI=1S/C31H25F3N2O2/c32-31(33,34)24-16-12-21(13-17-24)26-9-2-3-10-27(26)29(37)35-25-18-14-23(15-19-25)30(38)36-20-6-5-8-22-7-1-4-11-28(22)36/h1-4,7,9-19H,5-6,8,20H2,(H,35,37). The van der Waals surface area contributed by atoms with Gasteiger partial charge in [0.1, 0.15) is 0 Å². The van der Waals surface area contributed by atoms with Gasteiger partial charge >= 0.3 is 6.18 Å². The van der Waals surface area contributed by atoms with Crippen molar-refractivity contribution in [1.29, 1.82) is 0 Å². The van der Waals surface area contributed by atoms with E-state index in [4.69, 9.17) is 0 Å². The Morgan fingerprint density at radius 3 is 2.18 bits per heavy atom. The summed E-state index contributed by atoms with van der Waals surface area (Å²) in [4.78, 5) is 28.3. The first-order valence-corrected chi connectivity index (χ1v) is 12.4. The monoisotopic (exact) mass is 514 g/mol. The lowest BCUT2D eigenvalue weighted by Gasteiger charge is -2.23. The van der Waals surface area contributed by atoms with Crippen molar-refractivity contribution in [2.24, 2.45) is 0 Å². The lowest BCUT2D eigenvalue weighted by molar-refractivity contribution is -0.137. The molecule has 7 heteroatoms. The number of rotatable bonds is 4. The Morgan fingerprint density at radius 1 is 0.763 bits per heavy atom. The van der Waals surface area contributed by atoms with Gasteiger partial charge in [-0.2, -0.15) is 13.2 Å². The third-order valence-electron chi connectivity index (χ3n) is 6.69. The number of nitrogens with zero attached hydrogens (tertiary/aromatic N) is 1. The summed E-state index contributed by atoms with van der Waals surface area (Å²) in [5.41, 5.74) is 3.72. The van der Waals surface area contributed by atoms with E-state index in [0.717, 1.165) is 42.6 Å². The highest BCUT2D eigenvalue weighted by molar-refractivity contribution is 6.09. The molecule has 0 aliphatic carbocycles. The molecule has 4 aromatic carbocycles. The Hall–Kier alpha value is -4.39. The van der Waals surface area contributed by atoms with Crippen LogP contribution < -0.4 is 10.2 Å². The van der Waals surface area contributed by atoms with E-state index in [0.29, 0.717) is 34.5 Å². The molecule has 0 spiro atoms. The molecule has 5 rings (SSSR count). The van der Waals surface area contributed by atoms with Gasteiger partial charge in [-0.15, -0.1) is 0 Å². The van der Waals surface area contributed by atoms with Gasteiger partial charge in [-0.25, -0.2) is 0 Å². The van der Waals surface area contributed by atoms with Gasteiger partial charge in [-0.1, -0.05) is 48.5 Å². The Bertz CT molecular complexity index is 1460. The second-order valence-electron chi connectivity index (χ2n) is 9.19. The molecule has 38 heavy (non-hydrogen) atoms. The summed E-state index contributed by atoms with van der Waals surface area (Å²) in [7, 11) is 0. The van der Waals surface area contributed by atoms with E-state index in [-0.39, 0.29) is 5.91 Å². The van der Waals surface area contributed by atoms with E-state index in [2.05, 4.69) is 11.4 Å². The minimum atomic E-state index is -4.43. The number of hydrogen-bond donors (Lipinski definition) is 1. The Labute approximate surface area is 218 Å². The molecule has 0 atom stereocenters. The number of aryl methyl sites for hydroxylation is 1. The summed E-state index contributed by atoms with van der Waals surface area (Å²) >= 11 is 0. The van der Waals surface area contributed by atoms with E-state index in [1.54, 1.807) is 48.5 Å². The fourth-order valence-electron chi connectivity index (χ4n) is 4.72. The molecule has 2 amide bonds. The van der Waals surface area contributed by atoms with E-state index >= 15 is 0 Å². The van der Waals surface area contributed by atoms with Gasteiger partial charge in [-0.3, -0.25) is 9.59 Å². The number of nitrogens with one attached hydrogen (secondary N) is 1. The fourth-order valence-corrected chi connectivity index (χ4v) is 4.72. The second-order valence-corrected chi connectivity index (χ2v) is 9.19. The van der Waals surface area contributed by atoms with E-state index in [1.165, 1.54) is 12.1 Å². The van der Waals surface area contributed by atoms with Gasteiger partial charge in [0.15, 0.2) is 0 Å². The Balaban J connectivity index is 1.33. The largest absolute Gasteiger partial charge is 0.416 e. The number of amides is 2. The van der Waals surface area contributed by atoms with Crippen LogP contribution in [-0.4, -0.2) is 18.4 Å². The van der Waals surface area contributed by atoms with Crippen LogP contribution in [0.2, 0.25) is 0 Å². The maximum Gasteiger partial charge on any atom is 0.416 e. The van der Waals surface area contributed by atoms with Crippen LogP contribution in [0.3, 0.4) is 0 Å². The number of alkyl halides is 3. The first kappa shape index (κ1) is 25.3. The second kappa shape index (κ2) is 10.5. The van der Waals surface area contributed by atoms with Crippen molar-refractivity contribution >= 4 is 23.2 Å². The summed E-state index contributed by atoms with van der Waals surface area (Å²) in [5, 5.41) is 2.83. The lowest BCUT2D eigenvalue weighted by Crippen LogP contribution is -2.31. The van der Waals surface area contributed by atoms with Gasteiger partial charge in [0.2, 0.25) is 0 Å². The van der Waals surface area contributed by atoms with Crippen molar-refractivity contribution in [3.8, 4) is 11.1 Å². The molecule has 0 saturated heterocycles. The van der Waals surface area contributed by atoms with E-state index in [9.17, 15) is 22.8 Å². The molecule has 0 aromatic heterocycles. The summed E-state index contributed by atoms with van der Waals surface area (Å²) in [6.07, 6.45) is -1.54. The SMILES string of the molecule is O=C(Nc1ccc(C(=O)N2CCCCc3ccccc32)cc1)c1ccccc1-c1ccc(C(F)(F)F)cc1. The minimum absolute atomic E-state index is 0.0927. The first-order valence-electron chi connectivity index (χ1n) is 12.4. The number of carbonyl (C=O) groups is 2. The zero-order valence-electron chi connectivity index (χ0n) is 20.5. The average Bonchev–Trinajstić information content (AvgIpc) is 3.15. The molecule has 0 unspecified atom stereocenters. The van der Waals surface area contributed by atoms with Crippen LogP contribution >= 0.6 is 0 Å². The molecule has 1 N–H and O–H groups in total. The minimum Gasteiger partial charge on any atom is -0.322 e. The van der Waals surface area contributed by atoms with Crippen LogP contribution in [0.15, 0.2) is 97.1 Å². The fraction of sp³-hybridized carbons (Fsp3) is 0.161. The number of anilines is 2. The Kier molecular flexibility index (Phi) is 7.01. The quantitative estimate of drug-likeness (QED) is 0.305. The van der Waals surface area contributed by atoms with Crippen LogP contribution in [0.1, 0.15) is 44.7 Å². The highest BCUT2D eigenvalue weighted by Gasteiger charge is 2.30. The Morgan fingerprint density at radius 2 is 1.45 bits per heavy atom. The number of halogens is 3. The predicted molar refractivity (Wildman–Crippen MR) is 142 cm³/mol. The summed E-state index contributed by atoms with van der Waals surface area (Å²) in [6, 6.07) is 26.1. The molecule has 4 nitrogen and oxygen atoms in total. The number of carbonyl (C=O) groups excluding carboxylic acids is 2. The molecular weight excluding hydrogens is 489 g/mol. The topological polar surface area (TPSA) is 49.4 Å². The zero-order chi connectivity index (χ0) is 26.7. The van der Waals surface area contributed by atoms with Crippen LogP contribution in [0.25, 0.3) is 11.1 Å². The van der Waals surface area contributed by atoms with Crippen molar-refractivity contribution < 1.29 is 22.8 Å². The first-order chi connectivity index (χ1) is 18.3. The molecule has 1 heterocycles. The lowest BCUT2D eigenvalue weighted by atomic mass is 9.98. The van der Waals surface area contributed by atoms with Crippen LogP contribution in [-0.2, 0) is 12.6 Å². The summed E-state index contributed by atoms with van der Waals surface area (Å²) in [5.74, 6) is -0.495. The number of hydrogen-bond acceptors (Lipinski definition) is 2. The molecule has 0 radical (unpaired) electrons. The number of benzene rings is 4. The van der Waals surface area contributed by atoms with Crippen molar-refractivity contribution in [1.82, 2.24) is 0 Å². The number of fused-ring (bicyclic) bond motifs is 1. The molecular formula is C31H25F3N2O2. The molecule has 0 bridgehead atoms. The van der Waals surface area contributed by atoms with E-state index in [1.807, 2.05) is 23.1 Å². The molecule has 192 valence electrons. The molecule has 4 aromatic rings. The highest BCUT2D eigenvalue weighted by Crippen LogP contribution is 2.32. The van der Waals surface area contributed by atoms with Gasteiger partial charge in [-0.05, 0) is 84.5 Å². The van der Waals surface area contributed by atoms with Crippen LogP contribution in [0.5, 0.6) is 0 Å². The zero-order valence-corrected chi connectivity index (χ0v) is 20.5. The third kappa shape index (κ3) is 5.32. The van der Waals surface area contributed by atoms with Gasteiger partial charge in [0, 0.05) is 29.0 Å². The van der Waals surface area contributed by atoms with Crippen molar-refractivity contribution in [2.45, 2.75) is 25.4 Å². The highest BCUT2D eigenvalue weighted by atomic mass is 19.4. The van der Waals surface area contributed by atoms with Crippen LogP contribution in [0.4, 0.5) is 24.5 Å². The third-order valence-corrected chi connectivity index (χ3v) is 6.69. The molecule has 1 aliphatic rings. The van der Waals surface area contributed by atoms with Gasteiger partial charge in [0.05, 0.1) is 5.56 Å². The van der Waals surface area contributed by atoms with E-state index < -0.39 is 17.6 Å². The number of para-hydroxylation sites is 1. The summed E-state index contributed by atoms with van der Waals surface area (Å²) < 4.78 is 38.9. The average molecular weight is 515 g/mol. The van der Waals surface area contributed by atoms with Crippen LogP contribution in [0, 0.1) is 0 Å². The van der Waals surface area contributed by atoms with Crippen molar-refractivity contribution in [2.75, 3.05) is 16.8 Å². The predicted octanol–water partition coefficient (Wildman–Crippen LogP) is 7.61. The maximum absolute atomic E-state index is 13.3. The smallest absolute Gasteiger partial charge is 0.322 e. The molecule has 0 fully saturated rings. The van der Waals surface area contributed by atoms with Gasteiger partial charge < -0.3 is 10.2 Å². The summed E-state index contributed by atoms with van der Waals surface area (Å²) in [6.45, 7) is 0.648. The molecule has 1 aliphatic heterocycles. The molecule has 0 saturated carbocycles. The normalized spacial score (nSPS) is 13.4. The van der Waals surface area contributed by atoms with Crippen molar-refractivity contribution in [3.63, 3.8) is 0 Å². The van der Waals surface area contributed by atoms with Gasteiger partial charge in [0.25, 0.3) is 11.8 Å². The van der Waals surface area contributed by atoms with Crippen molar-refractivity contribution in [3.05, 3.63) is 119 Å². The maximum atomic E-state index is 13.3.